The molecular weight excluding hydrogens is 366 g/mol. The molecule has 2 aromatic rings. The van der Waals surface area contributed by atoms with Gasteiger partial charge in [-0.25, -0.2) is 4.79 Å². The zero-order valence-electron chi connectivity index (χ0n) is 16.5. The zero-order chi connectivity index (χ0) is 20.1. The van der Waals surface area contributed by atoms with E-state index in [1.165, 1.54) is 5.56 Å². The second-order valence-corrected chi connectivity index (χ2v) is 7.82. The highest BCUT2D eigenvalue weighted by molar-refractivity contribution is 5.90. The Bertz CT molecular complexity index is 855. The van der Waals surface area contributed by atoms with Gasteiger partial charge in [-0.05, 0) is 43.0 Å². The first-order chi connectivity index (χ1) is 14.2. The average molecular weight is 393 g/mol. The van der Waals surface area contributed by atoms with E-state index in [0.29, 0.717) is 26.2 Å². The molecule has 0 saturated carbocycles. The average Bonchev–Trinajstić information content (AvgIpc) is 2.78. The summed E-state index contributed by atoms with van der Waals surface area (Å²) in [5, 5.41) is 5.99. The Morgan fingerprint density at radius 2 is 1.86 bits per heavy atom. The van der Waals surface area contributed by atoms with Crippen LogP contribution in [-0.4, -0.2) is 43.1 Å². The van der Waals surface area contributed by atoms with E-state index in [4.69, 9.17) is 4.74 Å². The van der Waals surface area contributed by atoms with Gasteiger partial charge in [0.05, 0.1) is 12.5 Å². The Morgan fingerprint density at radius 1 is 1.07 bits per heavy atom. The number of likely N-dealkylation sites (tertiary alicyclic amines) is 1. The van der Waals surface area contributed by atoms with Crippen LogP contribution >= 0.6 is 0 Å². The first-order valence-corrected chi connectivity index (χ1v) is 10.3. The van der Waals surface area contributed by atoms with Gasteiger partial charge >= 0.3 is 6.03 Å². The molecule has 0 aromatic heterocycles. The largest absolute Gasteiger partial charge is 0.493 e. The lowest BCUT2D eigenvalue weighted by Crippen LogP contribution is -2.47. The zero-order valence-corrected chi connectivity index (χ0v) is 16.5. The van der Waals surface area contributed by atoms with Crippen LogP contribution < -0.4 is 15.4 Å². The number of ether oxygens (including phenoxy) is 1. The number of hydrogen-bond donors (Lipinski definition) is 2. The number of nitrogens with one attached hydrogen (secondary N) is 2. The molecule has 152 valence electrons. The van der Waals surface area contributed by atoms with Crippen LogP contribution in [0, 0.1) is 11.8 Å². The molecule has 6 nitrogen and oxygen atoms in total. The van der Waals surface area contributed by atoms with Gasteiger partial charge in [0.25, 0.3) is 0 Å². The topological polar surface area (TPSA) is 70.7 Å². The Labute approximate surface area is 171 Å². The summed E-state index contributed by atoms with van der Waals surface area (Å²) < 4.78 is 5.81. The lowest BCUT2D eigenvalue weighted by atomic mass is 9.95. The normalized spacial score (nSPS) is 20.9. The lowest BCUT2D eigenvalue weighted by Gasteiger charge is -2.32. The first-order valence-electron chi connectivity index (χ1n) is 10.3. The van der Waals surface area contributed by atoms with Gasteiger partial charge in [-0.1, -0.05) is 36.4 Å². The first kappa shape index (κ1) is 19.3. The summed E-state index contributed by atoms with van der Waals surface area (Å²) in [5.74, 6) is 1.08. The Hall–Kier alpha value is -3.02. The van der Waals surface area contributed by atoms with Crippen molar-refractivity contribution in [3.8, 4) is 5.75 Å². The third kappa shape index (κ3) is 4.88. The van der Waals surface area contributed by atoms with Crippen molar-refractivity contribution in [2.45, 2.75) is 19.3 Å². The molecule has 29 heavy (non-hydrogen) atoms. The monoisotopic (exact) mass is 393 g/mol. The number of fused-ring (bicyclic) bond motifs is 1. The molecule has 2 aliphatic rings. The van der Waals surface area contributed by atoms with E-state index in [2.05, 4.69) is 16.7 Å². The van der Waals surface area contributed by atoms with Gasteiger partial charge in [-0.15, -0.1) is 0 Å². The molecule has 2 atom stereocenters. The minimum Gasteiger partial charge on any atom is -0.493 e. The number of carbonyl (C=O) groups is 2. The van der Waals surface area contributed by atoms with E-state index in [1.807, 2.05) is 48.5 Å². The molecule has 1 fully saturated rings. The van der Waals surface area contributed by atoms with Crippen molar-refractivity contribution in [3.63, 3.8) is 0 Å². The molecule has 0 bridgehead atoms. The summed E-state index contributed by atoms with van der Waals surface area (Å²) in [6.07, 6.45) is 2.55. The number of para-hydroxylation sites is 2. The van der Waals surface area contributed by atoms with Crippen molar-refractivity contribution in [3.05, 3.63) is 60.2 Å². The van der Waals surface area contributed by atoms with Crippen molar-refractivity contribution in [1.29, 1.82) is 0 Å². The minimum absolute atomic E-state index is 0.0288. The molecule has 0 aliphatic carbocycles. The second kappa shape index (κ2) is 8.99. The summed E-state index contributed by atoms with van der Waals surface area (Å²) in [7, 11) is 0. The minimum atomic E-state index is -0.165. The van der Waals surface area contributed by atoms with Crippen LogP contribution in [0.15, 0.2) is 54.6 Å². The summed E-state index contributed by atoms with van der Waals surface area (Å²) in [6.45, 7) is 2.34. The van der Waals surface area contributed by atoms with Crippen LogP contribution in [0.1, 0.15) is 18.4 Å². The maximum atomic E-state index is 12.7. The molecule has 2 aliphatic heterocycles. The Kier molecular flexibility index (Phi) is 5.98. The highest BCUT2D eigenvalue weighted by atomic mass is 16.5. The van der Waals surface area contributed by atoms with Crippen LogP contribution in [0.3, 0.4) is 0 Å². The number of urea groups is 1. The highest BCUT2D eigenvalue weighted by Crippen LogP contribution is 2.26. The maximum absolute atomic E-state index is 12.7. The SMILES string of the molecule is O=C(NCC1COc2ccccc2C1)C1CCCN(C(=O)Nc2ccccc2)C1. The molecule has 2 heterocycles. The number of piperidine rings is 1. The molecule has 3 amide bonds. The Balaban J connectivity index is 1.26. The smallest absolute Gasteiger partial charge is 0.321 e. The van der Waals surface area contributed by atoms with Gasteiger partial charge in [0.2, 0.25) is 5.91 Å². The van der Waals surface area contributed by atoms with E-state index in [1.54, 1.807) is 4.90 Å². The van der Waals surface area contributed by atoms with Gasteiger partial charge in [0, 0.05) is 31.2 Å². The van der Waals surface area contributed by atoms with E-state index >= 15 is 0 Å². The molecule has 1 saturated heterocycles. The van der Waals surface area contributed by atoms with Gasteiger partial charge in [-0.2, -0.15) is 0 Å². The van der Waals surface area contributed by atoms with Crippen LogP contribution in [0.2, 0.25) is 0 Å². The van der Waals surface area contributed by atoms with Gasteiger partial charge in [-0.3, -0.25) is 4.79 Å². The number of rotatable bonds is 4. The van der Waals surface area contributed by atoms with Crippen molar-refractivity contribution < 1.29 is 14.3 Å². The van der Waals surface area contributed by atoms with Crippen molar-refractivity contribution >= 4 is 17.6 Å². The number of benzene rings is 2. The van der Waals surface area contributed by atoms with Gasteiger partial charge in [0.1, 0.15) is 5.75 Å². The van der Waals surface area contributed by atoms with Crippen LogP contribution in [0.5, 0.6) is 5.75 Å². The highest BCUT2D eigenvalue weighted by Gasteiger charge is 2.29. The summed E-state index contributed by atoms with van der Waals surface area (Å²) in [6, 6.07) is 17.3. The molecule has 2 unspecified atom stereocenters. The maximum Gasteiger partial charge on any atom is 0.321 e. The fraction of sp³-hybridized carbons (Fsp3) is 0.391. The van der Waals surface area contributed by atoms with E-state index < -0.39 is 0 Å². The molecule has 2 aromatic carbocycles. The Morgan fingerprint density at radius 3 is 2.72 bits per heavy atom. The van der Waals surface area contributed by atoms with E-state index in [0.717, 1.165) is 30.7 Å². The van der Waals surface area contributed by atoms with Crippen LogP contribution in [-0.2, 0) is 11.2 Å². The summed E-state index contributed by atoms with van der Waals surface area (Å²) in [5.41, 5.74) is 1.96. The van der Waals surface area contributed by atoms with Crippen molar-refractivity contribution in [2.75, 3.05) is 31.6 Å². The van der Waals surface area contributed by atoms with Crippen LogP contribution in [0.4, 0.5) is 10.5 Å². The third-order valence-corrected chi connectivity index (χ3v) is 5.63. The van der Waals surface area contributed by atoms with E-state index in [9.17, 15) is 9.59 Å². The second-order valence-electron chi connectivity index (χ2n) is 7.82. The molecule has 4 rings (SSSR count). The number of carbonyl (C=O) groups excluding carboxylic acids is 2. The van der Waals surface area contributed by atoms with Crippen LogP contribution in [0.25, 0.3) is 0 Å². The molecule has 6 heteroatoms. The fourth-order valence-corrected chi connectivity index (χ4v) is 4.01. The predicted octanol–water partition coefficient (Wildman–Crippen LogP) is 3.30. The lowest BCUT2D eigenvalue weighted by molar-refractivity contribution is -0.126. The summed E-state index contributed by atoms with van der Waals surface area (Å²) in [4.78, 5) is 27.0. The fourth-order valence-electron chi connectivity index (χ4n) is 4.01. The van der Waals surface area contributed by atoms with Crippen molar-refractivity contribution in [1.82, 2.24) is 10.2 Å². The standard InChI is InChI=1S/C23H27N3O3/c27-22(24-14-17-13-18-7-4-5-11-21(18)29-16-17)19-8-6-12-26(15-19)23(28)25-20-9-2-1-3-10-20/h1-5,7,9-11,17,19H,6,8,12-16H2,(H,24,27)(H,25,28). The molecule has 0 radical (unpaired) electrons. The molecule has 2 N–H and O–H groups in total. The molecular formula is C23H27N3O3. The number of nitrogens with zero attached hydrogens (tertiary/aromatic N) is 1. The van der Waals surface area contributed by atoms with E-state index in [-0.39, 0.29) is 23.8 Å². The number of hydrogen-bond acceptors (Lipinski definition) is 3. The number of anilines is 1. The number of amides is 3. The molecule has 0 spiro atoms. The van der Waals surface area contributed by atoms with Gasteiger partial charge in [0.15, 0.2) is 0 Å². The quantitative estimate of drug-likeness (QED) is 0.837. The van der Waals surface area contributed by atoms with Crippen molar-refractivity contribution in [2.24, 2.45) is 11.8 Å². The summed E-state index contributed by atoms with van der Waals surface area (Å²) >= 11 is 0. The third-order valence-electron chi connectivity index (χ3n) is 5.63. The predicted molar refractivity (Wildman–Crippen MR) is 112 cm³/mol. The van der Waals surface area contributed by atoms with Gasteiger partial charge < -0.3 is 20.3 Å².